The maximum atomic E-state index is 13.3. The second-order valence-electron chi connectivity index (χ2n) is 6.36. The maximum absolute atomic E-state index is 13.3. The highest BCUT2D eigenvalue weighted by Crippen LogP contribution is 2.22. The number of halogens is 2. The van der Waals surface area contributed by atoms with Gasteiger partial charge < -0.3 is 4.74 Å². The van der Waals surface area contributed by atoms with Crippen LogP contribution in [0.25, 0.3) is 16.9 Å². The van der Waals surface area contributed by atoms with Gasteiger partial charge in [-0.15, -0.1) is 0 Å². The molecule has 0 unspecified atom stereocenters. The molecular formula is C21H15BrClN3O3. The lowest BCUT2D eigenvalue weighted by Gasteiger charge is -2.06. The third-order valence-corrected chi connectivity index (χ3v) is 5.23. The fourth-order valence-corrected chi connectivity index (χ4v) is 3.60. The van der Waals surface area contributed by atoms with E-state index in [1.807, 2.05) is 12.1 Å². The van der Waals surface area contributed by atoms with Crippen molar-refractivity contribution < 1.29 is 9.53 Å². The van der Waals surface area contributed by atoms with E-state index in [-0.39, 0.29) is 12.2 Å². The first-order valence-corrected chi connectivity index (χ1v) is 9.85. The van der Waals surface area contributed by atoms with Crippen molar-refractivity contribution in [1.29, 1.82) is 0 Å². The maximum Gasteiger partial charge on any atom is 0.337 e. The monoisotopic (exact) mass is 471 g/mol. The molecule has 0 aliphatic carbocycles. The van der Waals surface area contributed by atoms with Gasteiger partial charge in [0.25, 0.3) is 0 Å². The molecule has 2 heterocycles. The van der Waals surface area contributed by atoms with E-state index in [1.165, 1.54) is 11.7 Å². The molecule has 2 aromatic heterocycles. The number of carbonyl (C=O) groups excluding carboxylic acids is 1. The summed E-state index contributed by atoms with van der Waals surface area (Å²) in [6.45, 7) is 0.283. The first-order chi connectivity index (χ1) is 14.0. The molecule has 0 saturated heterocycles. The topological polar surface area (TPSA) is 66.1 Å². The average Bonchev–Trinajstić information content (AvgIpc) is 2.99. The molecule has 0 fully saturated rings. The van der Waals surface area contributed by atoms with Gasteiger partial charge in [0, 0.05) is 15.7 Å². The van der Waals surface area contributed by atoms with Gasteiger partial charge in [-0.3, -0.25) is 4.57 Å². The lowest BCUT2D eigenvalue weighted by Crippen LogP contribution is -2.24. The zero-order valence-corrected chi connectivity index (χ0v) is 17.6. The predicted octanol–water partition coefficient (Wildman–Crippen LogP) is 4.44. The molecule has 4 rings (SSSR count). The number of benzene rings is 2. The molecule has 146 valence electrons. The normalized spacial score (nSPS) is 11.0. The molecule has 2 aromatic carbocycles. The largest absolute Gasteiger partial charge is 0.465 e. The van der Waals surface area contributed by atoms with Gasteiger partial charge >= 0.3 is 11.7 Å². The number of imidazole rings is 1. The molecule has 0 atom stereocenters. The van der Waals surface area contributed by atoms with Crippen LogP contribution in [-0.4, -0.2) is 27.2 Å². The van der Waals surface area contributed by atoms with Crippen molar-refractivity contribution in [3.8, 4) is 5.82 Å². The Kier molecular flexibility index (Phi) is 5.25. The van der Waals surface area contributed by atoms with E-state index < -0.39 is 5.97 Å². The van der Waals surface area contributed by atoms with Crippen molar-refractivity contribution in [3.63, 3.8) is 0 Å². The smallest absolute Gasteiger partial charge is 0.337 e. The van der Waals surface area contributed by atoms with Crippen molar-refractivity contribution in [1.82, 2.24) is 14.1 Å². The van der Waals surface area contributed by atoms with Crippen LogP contribution >= 0.6 is 27.5 Å². The Morgan fingerprint density at radius 3 is 2.69 bits per heavy atom. The fourth-order valence-electron chi connectivity index (χ4n) is 3.20. The van der Waals surface area contributed by atoms with Crippen LogP contribution in [0, 0.1) is 0 Å². The lowest BCUT2D eigenvalue weighted by atomic mass is 10.1. The van der Waals surface area contributed by atoms with Gasteiger partial charge in [0.15, 0.2) is 0 Å². The third-order valence-electron chi connectivity index (χ3n) is 4.52. The van der Waals surface area contributed by atoms with Crippen molar-refractivity contribution in [2.75, 3.05) is 7.11 Å². The van der Waals surface area contributed by atoms with Crippen LogP contribution in [-0.2, 0) is 11.3 Å². The number of rotatable bonds is 4. The summed E-state index contributed by atoms with van der Waals surface area (Å²) >= 11 is 9.55. The number of methoxy groups -OCH3 is 1. The van der Waals surface area contributed by atoms with Gasteiger partial charge in [-0.25, -0.2) is 19.1 Å². The Hall–Kier alpha value is -2.90. The number of hydrogen-bond acceptors (Lipinski definition) is 4. The standard InChI is InChI=1S/C21H15BrClN3O3/c1-29-20(27)14-4-2-3-13(9-14)12-25-17-7-6-16(23)10-18(17)26(21(25)28)19-8-5-15(22)11-24-19/h2-11H,12H2,1H3. The number of hydrogen-bond donors (Lipinski definition) is 0. The van der Waals surface area contributed by atoms with E-state index in [1.54, 1.807) is 53.2 Å². The summed E-state index contributed by atoms with van der Waals surface area (Å²) in [5, 5.41) is 0.521. The number of nitrogens with zero attached hydrogens (tertiary/aromatic N) is 3. The minimum absolute atomic E-state index is 0.249. The SMILES string of the molecule is COC(=O)c1cccc(Cn2c(=O)n(-c3ccc(Br)cn3)c3cc(Cl)ccc32)c1. The third kappa shape index (κ3) is 3.71. The molecule has 0 aliphatic rings. The molecule has 8 heteroatoms. The second-order valence-corrected chi connectivity index (χ2v) is 7.72. The van der Waals surface area contributed by atoms with Gasteiger partial charge in [0.05, 0.1) is 30.3 Å². The van der Waals surface area contributed by atoms with Gasteiger partial charge in [-0.2, -0.15) is 0 Å². The van der Waals surface area contributed by atoms with E-state index in [4.69, 9.17) is 16.3 Å². The predicted molar refractivity (Wildman–Crippen MR) is 115 cm³/mol. The number of pyridine rings is 1. The number of esters is 1. The van der Waals surface area contributed by atoms with Crippen molar-refractivity contribution in [3.05, 3.63) is 91.9 Å². The van der Waals surface area contributed by atoms with E-state index in [2.05, 4.69) is 20.9 Å². The highest BCUT2D eigenvalue weighted by Gasteiger charge is 2.17. The molecule has 0 radical (unpaired) electrons. The van der Waals surface area contributed by atoms with Gasteiger partial charge in [0.1, 0.15) is 5.82 Å². The molecule has 0 saturated carbocycles. The summed E-state index contributed by atoms with van der Waals surface area (Å²) in [5.41, 5.74) is 2.35. The highest BCUT2D eigenvalue weighted by atomic mass is 79.9. The summed E-state index contributed by atoms with van der Waals surface area (Å²) in [4.78, 5) is 29.5. The van der Waals surface area contributed by atoms with Crippen LogP contribution in [0.2, 0.25) is 5.02 Å². The number of fused-ring (bicyclic) bond motifs is 1. The van der Waals surface area contributed by atoms with E-state index >= 15 is 0 Å². The summed E-state index contributed by atoms with van der Waals surface area (Å²) in [6, 6.07) is 15.9. The van der Waals surface area contributed by atoms with Crippen LogP contribution in [0.1, 0.15) is 15.9 Å². The summed E-state index contributed by atoms with van der Waals surface area (Å²) in [6.07, 6.45) is 1.63. The molecule has 0 bridgehead atoms. The van der Waals surface area contributed by atoms with E-state index in [9.17, 15) is 9.59 Å². The van der Waals surface area contributed by atoms with E-state index in [0.29, 0.717) is 27.4 Å². The molecule has 6 nitrogen and oxygen atoms in total. The molecule has 29 heavy (non-hydrogen) atoms. The fraction of sp³-hybridized carbons (Fsp3) is 0.0952. The zero-order valence-electron chi connectivity index (χ0n) is 15.3. The van der Waals surface area contributed by atoms with Crippen LogP contribution < -0.4 is 5.69 Å². The van der Waals surface area contributed by atoms with Crippen molar-refractivity contribution >= 4 is 44.5 Å². The van der Waals surface area contributed by atoms with Crippen molar-refractivity contribution in [2.45, 2.75) is 6.54 Å². The Morgan fingerprint density at radius 1 is 1.14 bits per heavy atom. The van der Waals surface area contributed by atoms with Gasteiger partial charge in [-0.05, 0) is 64.0 Å². The molecule has 0 N–H and O–H groups in total. The summed E-state index contributed by atoms with van der Waals surface area (Å²) < 4.78 is 8.75. The first kappa shape index (κ1) is 19.4. The molecular weight excluding hydrogens is 458 g/mol. The number of aromatic nitrogens is 3. The van der Waals surface area contributed by atoms with Gasteiger partial charge in [-0.1, -0.05) is 23.7 Å². The minimum atomic E-state index is -0.424. The number of carbonyl (C=O) groups is 1. The Balaban J connectivity index is 1.88. The van der Waals surface area contributed by atoms with Crippen LogP contribution in [0.3, 0.4) is 0 Å². The second kappa shape index (κ2) is 7.85. The highest BCUT2D eigenvalue weighted by molar-refractivity contribution is 9.10. The molecule has 0 spiro atoms. The van der Waals surface area contributed by atoms with Gasteiger partial charge in [0.2, 0.25) is 0 Å². The minimum Gasteiger partial charge on any atom is -0.465 e. The van der Waals surface area contributed by atoms with Crippen LogP contribution in [0.5, 0.6) is 0 Å². The molecule has 0 amide bonds. The molecule has 0 aliphatic heterocycles. The first-order valence-electron chi connectivity index (χ1n) is 8.68. The van der Waals surface area contributed by atoms with Crippen LogP contribution in [0.15, 0.2) is 70.1 Å². The average molecular weight is 473 g/mol. The van der Waals surface area contributed by atoms with Crippen molar-refractivity contribution in [2.24, 2.45) is 0 Å². The Bertz CT molecular complexity index is 1280. The Labute approximate surface area is 179 Å². The quantitative estimate of drug-likeness (QED) is 0.412. The summed E-state index contributed by atoms with van der Waals surface area (Å²) in [5.74, 6) is 0.0694. The zero-order chi connectivity index (χ0) is 20.5. The van der Waals surface area contributed by atoms with E-state index in [0.717, 1.165) is 10.0 Å². The Morgan fingerprint density at radius 2 is 1.97 bits per heavy atom. The molecule has 4 aromatic rings. The lowest BCUT2D eigenvalue weighted by molar-refractivity contribution is 0.0600. The summed E-state index contributed by atoms with van der Waals surface area (Å²) in [7, 11) is 1.34. The number of ether oxygens (including phenoxy) is 1. The van der Waals surface area contributed by atoms with Crippen LogP contribution in [0.4, 0.5) is 0 Å².